The van der Waals surface area contributed by atoms with Gasteiger partial charge in [0.2, 0.25) is 5.95 Å². The topological polar surface area (TPSA) is 36.4 Å². The second kappa shape index (κ2) is 3.72. The average Bonchev–Trinajstić information content (AvgIpc) is 2.50. The number of pyridine rings is 1. The summed E-state index contributed by atoms with van der Waals surface area (Å²) in [5.74, 6) is -0.490. The number of nitrogens with zero attached hydrogens (tertiary/aromatic N) is 2. The predicted molar refractivity (Wildman–Crippen MR) is 59.3 cm³/mol. The first kappa shape index (κ1) is 10.8. The highest BCUT2D eigenvalue weighted by Crippen LogP contribution is 2.29. The molecule has 1 unspecified atom stereocenters. The minimum absolute atomic E-state index is 0.446. The Morgan fingerprint density at radius 2 is 2.40 bits per heavy atom. The van der Waals surface area contributed by atoms with E-state index in [0.717, 1.165) is 4.47 Å². The van der Waals surface area contributed by atoms with Crippen LogP contribution in [-0.4, -0.2) is 28.8 Å². The second-order valence-electron chi connectivity index (χ2n) is 4.13. The molecule has 0 radical (unpaired) electrons. The van der Waals surface area contributed by atoms with Crippen molar-refractivity contribution >= 4 is 21.6 Å². The quantitative estimate of drug-likeness (QED) is 0.796. The van der Waals surface area contributed by atoms with Gasteiger partial charge < -0.3 is 10.0 Å². The van der Waals surface area contributed by atoms with E-state index in [9.17, 15) is 9.50 Å². The standard InChI is InChI=1S/C10H12BrFN2O/c1-10(15)2-3-14(6-10)8-4-7(11)5-13-9(8)12/h4-5,15H,2-3,6H2,1H3. The number of β-amino-alcohol motifs (C(OH)–C–C–N with tert-alkyl or cyclic N) is 1. The summed E-state index contributed by atoms with van der Waals surface area (Å²) in [6, 6.07) is 1.68. The molecule has 1 aromatic rings. The van der Waals surface area contributed by atoms with E-state index in [-0.39, 0.29) is 0 Å². The zero-order valence-corrected chi connectivity index (χ0v) is 9.96. The maximum Gasteiger partial charge on any atom is 0.236 e. The Morgan fingerprint density at radius 1 is 1.67 bits per heavy atom. The maximum absolute atomic E-state index is 13.4. The minimum atomic E-state index is -0.727. The summed E-state index contributed by atoms with van der Waals surface area (Å²) in [5.41, 5.74) is -0.281. The molecule has 0 amide bonds. The van der Waals surface area contributed by atoms with Gasteiger partial charge in [-0.2, -0.15) is 4.39 Å². The molecule has 1 fully saturated rings. The Balaban J connectivity index is 2.27. The molecule has 15 heavy (non-hydrogen) atoms. The highest BCUT2D eigenvalue weighted by atomic mass is 79.9. The smallest absolute Gasteiger partial charge is 0.236 e. The lowest BCUT2D eigenvalue weighted by molar-refractivity contribution is 0.0839. The van der Waals surface area contributed by atoms with E-state index in [1.54, 1.807) is 13.0 Å². The van der Waals surface area contributed by atoms with Crippen LogP contribution in [0.5, 0.6) is 0 Å². The van der Waals surface area contributed by atoms with Gasteiger partial charge in [0.05, 0.1) is 11.3 Å². The third-order valence-electron chi connectivity index (χ3n) is 2.58. The van der Waals surface area contributed by atoms with Crippen LogP contribution in [-0.2, 0) is 0 Å². The van der Waals surface area contributed by atoms with Crippen LogP contribution in [0.25, 0.3) is 0 Å². The van der Waals surface area contributed by atoms with Crippen LogP contribution in [0.1, 0.15) is 13.3 Å². The van der Waals surface area contributed by atoms with Gasteiger partial charge in [-0.05, 0) is 35.3 Å². The predicted octanol–water partition coefficient (Wildman–Crippen LogP) is 1.94. The summed E-state index contributed by atoms with van der Waals surface area (Å²) in [6.07, 6.45) is 2.08. The maximum atomic E-state index is 13.4. The Morgan fingerprint density at radius 3 is 3.00 bits per heavy atom. The summed E-state index contributed by atoms with van der Waals surface area (Å²) in [7, 11) is 0. The van der Waals surface area contributed by atoms with E-state index in [0.29, 0.717) is 25.2 Å². The molecule has 0 bridgehead atoms. The Bertz CT molecular complexity index is 384. The SMILES string of the molecule is CC1(O)CCN(c2cc(Br)cnc2F)C1. The molecule has 5 heteroatoms. The van der Waals surface area contributed by atoms with Crippen molar-refractivity contribution in [2.45, 2.75) is 18.9 Å². The molecule has 1 saturated heterocycles. The third-order valence-corrected chi connectivity index (χ3v) is 3.01. The third kappa shape index (κ3) is 2.29. The molecular weight excluding hydrogens is 263 g/mol. The number of aromatic nitrogens is 1. The van der Waals surface area contributed by atoms with Crippen LogP contribution in [0.15, 0.2) is 16.7 Å². The van der Waals surface area contributed by atoms with E-state index in [1.165, 1.54) is 6.20 Å². The van der Waals surface area contributed by atoms with Crippen molar-refractivity contribution in [1.29, 1.82) is 0 Å². The molecule has 1 aromatic heterocycles. The Hall–Kier alpha value is -0.680. The molecule has 3 nitrogen and oxygen atoms in total. The van der Waals surface area contributed by atoms with Gasteiger partial charge in [-0.25, -0.2) is 4.98 Å². The first-order chi connectivity index (χ1) is 6.98. The number of hydrogen-bond donors (Lipinski definition) is 1. The summed E-state index contributed by atoms with van der Waals surface area (Å²) < 4.78 is 14.2. The largest absolute Gasteiger partial charge is 0.388 e. The van der Waals surface area contributed by atoms with Crippen molar-refractivity contribution in [1.82, 2.24) is 4.98 Å². The van der Waals surface area contributed by atoms with Crippen LogP contribution in [0.3, 0.4) is 0 Å². The summed E-state index contributed by atoms with van der Waals surface area (Å²) in [4.78, 5) is 5.45. The fourth-order valence-electron chi connectivity index (χ4n) is 1.78. The van der Waals surface area contributed by atoms with E-state index in [2.05, 4.69) is 20.9 Å². The van der Waals surface area contributed by atoms with Gasteiger partial charge in [-0.1, -0.05) is 0 Å². The van der Waals surface area contributed by atoms with E-state index < -0.39 is 11.5 Å². The lowest BCUT2D eigenvalue weighted by atomic mass is 10.1. The number of rotatable bonds is 1. The van der Waals surface area contributed by atoms with Crippen molar-refractivity contribution in [2.24, 2.45) is 0 Å². The van der Waals surface area contributed by atoms with Gasteiger partial charge >= 0.3 is 0 Å². The van der Waals surface area contributed by atoms with Gasteiger partial charge in [-0.3, -0.25) is 0 Å². The monoisotopic (exact) mass is 274 g/mol. The van der Waals surface area contributed by atoms with Gasteiger partial charge in [0, 0.05) is 23.8 Å². The van der Waals surface area contributed by atoms with Crippen LogP contribution in [0, 0.1) is 5.95 Å². The van der Waals surface area contributed by atoms with Gasteiger partial charge in [0.15, 0.2) is 0 Å². The Kier molecular flexibility index (Phi) is 2.68. The Labute approximate surface area is 96.1 Å². The highest BCUT2D eigenvalue weighted by molar-refractivity contribution is 9.10. The molecule has 0 saturated carbocycles. The zero-order chi connectivity index (χ0) is 11.1. The molecule has 1 aliphatic heterocycles. The molecule has 1 N–H and O–H groups in total. The van der Waals surface area contributed by atoms with E-state index in [4.69, 9.17) is 0 Å². The van der Waals surface area contributed by atoms with Gasteiger partial charge in [0.25, 0.3) is 0 Å². The number of aliphatic hydroxyl groups is 1. The van der Waals surface area contributed by atoms with Crippen LogP contribution in [0.4, 0.5) is 10.1 Å². The molecule has 0 aromatic carbocycles. The normalized spacial score (nSPS) is 26.0. The molecular formula is C10H12BrFN2O. The van der Waals surface area contributed by atoms with E-state index in [1.807, 2.05) is 4.90 Å². The molecule has 0 spiro atoms. The van der Waals surface area contributed by atoms with Gasteiger partial charge in [-0.15, -0.1) is 0 Å². The highest BCUT2D eigenvalue weighted by Gasteiger charge is 2.32. The fourth-order valence-corrected chi connectivity index (χ4v) is 2.10. The number of halogens is 2. The minimum Gasteiger partial charge on any atom is -0.388 e. The fraction of sp³-hybridized carbons (Fsp3) is 0.500. The van der Waals surface area contributed by atoms with Crippen molar-refractivity contribution in [2.75, 3.05) is 18.0 Å². The molecule has 2 rings (SSSR count). The van der Waals surface area contributed by atoms with Crippen LogP contribution < -0.4 is 4.90 Å². The number of anilines is 1. The molecule has 1 atom stereocenters. The lowest BCUT2D eigenvalue weighted by Crippen LogP contribution is -2.30. The lowest BCUT2D eigenvalue weighted by Gasteiger charge is -2.20. The summed E-state index contributed by atoms with van der Waals surface area (Å²) in [5, 5.41) is 9.79. The van der Waals surface area contributed by atoms with Crippen molar-refractivity contribution in [3.8, 4) is 0 Å². The first-order valence-electron chi connectivity index (χ1n) is 4.76. The molecule has 82 valence electrons. The van der Waals surface area contributed by atoms with Crippen LogP contribution in [0.2, 0.25) is 0 Å². The second-order valence-corrected chi connectivity index (χ2v) is 5.05. The molecule has 2 heterocycles. The summed E-state index contributed by atoms with van der Waals surface area (Å²) in [6.45, 7) is 2.86. The average molecular weight is 275 g/mol. The van der Waals surface area contributed by atoms with Crippen molar-refractivity contribution in [3.05, 3.63) is 22.7 Å². The van der Waals surface area contributed by atoms with Gasteiger partial charge in [0.1, 0.15) is 0 Å². The summed E-state index contributed by atoms with van der Waals surface area (Å²) >= 11 is 3.25. The zero-order valence-electron chi connectivity index (χ0n) is 8.37. The van der Waals surface area contributed by atoms with Crippen molar-refractivity contribution < 1.29 is 9.50 Å². The molecule has 1 aliphatic rings. The first-order valence-corrected chi connectivity index (χ1v) is 5.56. The number of hydrogen-bond acceptors (Lipinski definition) is 3. The van der Waals surface area contributed by atoms with Crippen molar-refractivity contribution in [3.63, 3.8) is 0 Å². The van der Waals surface area contributed by atoms with E-state index >= 15 is 0 Å². The van der Waals surface area contributed by atoms with Crippen LogP contribution >= 0.6 is 15.9 Å². The molecule has 0 aliphatic carbocycles.